The number of amides is 1. The summed E-state index contributed by atoms with van der Waals surface area (Å²) in [7, 11) is 3.33. The minimum atomic E-state index is -0.209. The second-order valence-electron chi connectivity index (χ2n) is 7.77. The van der Waals surface area contributed by atoms with Crippen LogP contribution in [0.25, 0.3) is 28.2 Å². The van der Waals surface area contributed by atoms with E-state index in [1.165, 1.54) is 4.57 Å². The Hall–Kier alpha value is -4.19. The molecule has 0 atom stereocenters. The number of benzene rings is 3. The molecule has 0 saturated carbocycles. The van der Waals surface area contributed by atoms with Crippen LogP contribution in [0.1, 0.15) is 17.0 Å². The molecule has 0 bridgehead atoms. The van der Waals surface area contributed by atoms with Crippen molar-refractivity contribution in [3.63, 3.8) is 0 Å². The summed E-state index contributed by atoms with van der Waals surface area (Å²) in [4.78, 5) is 33.0. The maximum atomic E-state index is 13.5. The second-order valence-corrected chi connectivity index (χ2v) is 7.77. The van der Waals surface area contributed by atoms with Gasteiger partial charge in [-0.15, -0.1) is 0 Å². The third-order valence-corrected chi connectivity index (χ3v) is 5.73. The molecule has 4 aromatic rings. The Balaban J connectivity index is 1.82. The van der Waals surface area contributed by atoms with Crippen LogP contribution in [0.3, 0.4) is 0 Å². The van der Waals surface area contributed by atoms with Gasteiger partial charge in [-0.3, -0.25) is 14.2 Å². The number of fused-ring (bicyclic) bond motifs is 2. The first-order valence-electron chi connectivity index (χ1n) is 10.2. The molecule has 0 saturated heterocycles. The van der Waals surface area contributed by atoms with Crippen LogP contribution < -0.4 is 15.2 Å². The third-order valence-electron chi connectivity index (χ3n) is 5.73. The first kappa shape index (κ1) is 19.8. The molecule has 0 N–H and O–H groups in total. The van der Waals surface area contributed by atoms with Crippen LogP contribution in [-0.2, 0) is 4.79 Å². The molecule has 158 valence electrons. The number of aryl methyl sites for hydroxylation is 1. The first-order chi connectivity index (χ1) is 15.5. The van der Waals surface area contributed by atoms with Crippen molar-refractivity contribution in [3.8, 4) is 11.4 Å². The van der Waals surface area contributed by atoms with Crippen LogP contribution in [0.15, 0.2) is 71.5 Å². The van der Waals surface area contributed by atoms with Gasteiger partial charge in [0.15, 0.2) is 0 Å². The largest absolute Gasteiger partial charge is 0.497 e. The maximum absolute atomic E-state index is 13.5. The predicted molar refractivity (Wildman–Crippen MR) is 126 cm³/mol. The zero-order valence-corrected chi connectivity index (χ0v) is 18.0. The summed E-state index contributed by atoms with van der Waals surface area (Å²) < 4.78 is 6.88. The fourth-order valence-electron chi connectivity index (χ4n) is 4.08. The van der Waals surface area contributed by atoms with Gasteiger partial charge in [0.25, 0.3) is 11.5 Å². The number of likely N-dealkylation sites (N-methyl/N-ethyl adjacent to an activating group) is 1. The number of rotatable bonds is 3. The van der Waals surface area contributed by atoms with Crippen LogP contribution in [0.5, 0.6) is 5.75 Å². The van der Waals surface area contributed by atoms with E-state index in [4.69, 9.17) is 9.72 Å². The van der Waals surface area contributed by atoms with Gasteiger partial charge in [-0.05, 0) is 49.4 Å². The van der Waals surface area contributed by atoms with Crippen molar-refractivity contribution in [2.24, 2.45) is 0 Å². The topological polar surface area (TPSA) is 64.4 Å². The van der Waals surface area contributed by atoms with Gasteiger partial charge >= 0.3 is 0 Å². The average Bonchev–Trinajstić information content (AvgIpc) is 3.03. The summed E-state index contributed by atoms with van der Waals surface area (Å²) in [5, 5.41) is 0.503. The van der Waals surface area contributed by atoms with Crippen molar-refractivity contribution in [2.75, 3.05) is 19.1 Å². The Morgan fingerprint density at radius 2 is 1.78 bits per heavy atom. The number of para-hydroxylation sites is 1. The minimum Gasteiger partial charge on any atom is -0.497 e. The summed E-state index contributed by atoms with van der Waals surface area (Å²) in [5.74, 6) is 0.872. The van der Waals surface area contributed by atoms with Gasteiger partial charge in [0.05, 0.1) is 35.0 Å². The lowest BCUT2D eigenvalue weighted by Crippen LogP contribution is -2.23. The minimum absolute atomic E-state index is 0.134. The standard InChI is InChI=1S/C26H21N3O3/c1-16-11-12-23-20(13-16)21(25(30)28(23)2)15-24-27-22-10-5-4-9-19(22)26(31)29(24)17-7-6-8-18(14-17)32-3/h4-15H,1-3H3/b21-15-. The number of aromatic nitrogens is 2. The number of ether oxygens (including phenoxy) is 1. The Morgan fingerprint density at radius 3 is 2.59 bits per heavy atom. The number of anilines is 1. The van der Waals surface area contributed by atoms with Crippen molar-refractivity contribution in [2.45, 2.75) is 6.92 Å². The van der Waals surface area contributed by atoms with Gasteiger partial charge in [-0.2, -0.15) is 0 Å². The van der Waals surface area contributed by atoms with Crippen LogP contribution in [0.4, 0.5) is 5.69 Å². The van der Waals surface area contributed by atoms with E-state index in [-0.39, 0.29) is 11.5 Å². The molecule has 2 heterocycles. The molecule has 6 heteroatoms. The maximum Gasteiger partial charge on any atom is 0.266 e. The zero-order chi connectivity index (χ0) is 22.4. The number of hydrogen-bond acceptors (Lipinski definition) is 4. The highest BCUT2D eigenvalue weighted by atomic mass is 16.5. The molecular formula is C26H21N3O3. The fourth-order valence-corrected chi connectivity index (χ4v) is 4.08. The second kappa shape index (κ2) is 7.50. The van der Waals surface area contributed by atoms with Gasteiger partial charge in [0.2, 0.25) is 0 Å². The predicted octanol–water partition coefficient (Wildman–Crippen LogP) is 4.22. The Labute approximate surface area is 185 Å². The molecule has 1 aliphatic rings. The number of hydrogen-bond donors (Lipinski definition) is 0. The summed E-state index contributed by atoms with van der Waals surface area (Å²) in [6.07, 6.45) is 1.71. The summed E-state index contributed by atoms with van der Waals surface area (Å²) >= 11 is 0. The van der Waals surface area contributed by atoms with Crippen LogP contribution >= 0.6 is 0 Å². The van der Waals surface area contributed by atoms with Gasteiger partial charge in [0, 0.05) is 18.7 Å². The molecule has 32 heavy (non-hydrogen) atoms. The van der Waals surface area contributed by atoms with E-state index in [0.29, 0.717) is 33.7 Å². The molecule has 5 rings (SSSR count). The van der Waals surface area contributed by atoms with E-state index in [1.807, 2.05) is 55.5 Å². The normalized spacial score (nSPS) is 14.3. The Bertz CT molecular complexity index is 1480. The molecule has 1 aromatic heterocycles. The van der Waals surface area contributed by atoms with Crippen LogP contribution in [-0.4, -0.2) is 29.6 Å². The molecule has 6 nitrogen and oxygen atoms in total. The molecule has 0 radical (unpaired) electrons. The van der Waals surface area contributed by atoms with Crippen molar-refractivity contribution in [1.82, 2.24) is 9.55 Å². The van der Waals surface area contributed by atoms with E-state index in [2.05, 4.69) is 0 Å². The lowest BCUT2D eigenvalue weighted by molar-refractivity contribution is -0.112. The van der Waals surface area contributed by atoms with Crippen LogP contribution in [0, 0.1) is 6.92 Å². The van der Waals surface area contributed by atoms with E-state index >= 15 is 0 Å². The highest BCUT2D eigenvalue weighted by Crippen LogP contribution is 2.37. The van der Waals surface area contributed by atoms with Gasteiger partial charge in [-0.1, -0.05) is 29.8 Å². The molecular weight excluding hydrogens is 402 g/mol. The van der Waals surface area contributed by atoms with Crippen molar-refractivity contribution < 1.29 is 9.53 Å². The van der Waals surface area contributed by atoms with Gasteiger partial charge in [-0.25, -0.2) is 4.98 Å². The van der Waals surface area contributed by atoms with Gasteiger partial charge < -0.3 is 9.64 Å². The SMILES string of the molecule is COc1cccc(-n2c(/C=C3\C(=O)N(C)c4ccc(C)cc43)nc3ccccc3c2=O)c1. The molecule has 0 fully saturated rings. The smallest absolute Gasteiger partial charge is 0.266 e. The number of methoxy groups -OCH3 is 1. The van der Waals surface area contributed by atoms with E-state index in [0.717, 1.165) is 16.8 Å². The number of carbonyl (C=O) groups is 1. The first-order valence-corrected chi connectivity index (χ1v) is 10.2. The van der Waals surface area contributed by atoms with Gasteiger partial charge in [0.1, 0.15) is 11.6 Å². The highest BCUT2D eigenvalue weighted by molar-refractivity contribution is 6.35. The number of nitrogens with zero attached hydrogens (tertiary/aromatic N) is 3. The summed E-state index contributed by atoms with van der Waals surface area (Å²) in [5.41, 5.74) is 4.20. The molecule has 0 unspecified atom stereocenters. The van der Waals surface area contributed by atoms with Crippen molar-refractivity contribution >= 4 is 34.1 Å². The van der Waals surface area contributed by atoms with Crippen molar-refractivity contribution in [1.29, 1.82) is 0 Å². The summed E-state index contributed by atoms with van der Waals surface area (Å²) in [6.45, 7) is 1.99. The Kier molecular flexibility index (Phi) is 4.63. The number of carbonyl (C=O) groups excluding carboxylic acids is 1. The molecule has 0 spiro atoms. The Morgan fingerprint density at radius 1 is 0.969 bits per heavy atom. The lowest BCUT2D eigenvalue weighted by atomic mass is 10.0. The lowest BCUT2D eigenvalue weighted by Gasteiger charge is -2.13. The van der Waals surface area contributed by atoms with E-state index < -0.39 is 0 Å². The molecule has 0 aliphatic carbocycles. The van der Waals surface area contributed by atoms with E-state index in [1.54, 1.807) is 43.3 Å². The zero-order valence-electron chi connectivity index (χ0n) is 18.0. The quantitative estimate of drug-likeness (QED) is 0.463. The fraction of sp³-hybridized carbons (Fsp3) is 0.115. The average molecular weight is 423 g/mol. The third kappa shape index (κ3) is 3.08. The van der Waals surface area contributed by atoms with Crippen LogP contribution in [0.2, 0.25) is 0 Å². The highest BCUT2D eigenvalue weighted by Gasteiger charge is 2.30. The molecule has 1 aliphatic heterocycles. The monoisotopic (exact) mass is 423 g/mol. The molecule has 1 amide bonds. The summed E-state index contributed by atoms with van der Waals surface area (Å²) in [6, 6.07) is 20.3. The van der Waals surface area contributed by atoms with E-state index in [9.17, 15) is 9.59 Å². The molecule has 3 aromatic carbocycles. The van der Waals surface area contributed by atoms with Crippen molar-refractivity contribution in [3.05, 3.63) is 94.0 Å².